The number of nitrogens with zero attached hydrogens (tertiary/aromatic N) is 12. The highest BCUT2D eigenvalue weighted by Crippen LogP contribution is 2.35. The lowest BCUT2D eigenvalue weighted by Gasteiger charge is -2.36. The Bertz CT molecular complexity index is 3050. The number of tetrazole rings is 1. The molecule has 0 spiro atoms. The summed E-state index contributed by atoms with van der Waals surface area (Å²) in [5, 5.41) is 29.1. The third-order valence-electron chi connectivity index (χ3n) is 15.7. The molecule has 5 aromatic rings. The van der Waals surface area contributed by atoms with Gasteiger partial charge in [-0.2, -0.15) is 5.10 Å². The van der Waals surface area contributed by atoms with Crippen molar-refractivity contribution in [3.63, 3.8) is 0 Å². The number of imide groups is 1. The largest absolute Gasteiger partial charge is 0.616 e. The molecule has 10 rings (SSSR count). The topological polar surface area (TPSA) is 201 Å². The minimum absolute atomic E-state index is 0.0269. The van der Waals surface area contributed by atoms with Gasteiger partial charge in [-0.3, -0.25) is 24.2 Å². The predicted molar refractivity (Wildman–Crippen MR) is 324 cm³/mol. The van der Waals surface area contributed by atoms with Crippen LogP contribution in [0.5, 0.6) is 11.5 Å². The Morgan fingerprint density at radius 1 is 0.735 bits per heavy atom. The summed E-state index contributed by atoms with van der Waals surface area (Å²) in [5.41, 5.74) is 6.79. The van der Waals surface area contributed by atoms with E-state index in [0.717, 1.165) is 133 Å². The molecule has 5 amide bonds. The van der Waals surface area contributed by atoms with E-state index in [4.69, 9.17) is 25.5 Å². The molecule has 21 heteroatoms. The zero-order valence-electron chi connectivity index (χ0n) is 49.5. The van der Waals surface area contributed by atoms with E-state index < -0.39 is 6.03 Å². The van der Waals surface area contributed by atoms with Crippen molar-refractivity contribution in [1.82, 2.24) is 35.0 Å². The van der Waals surface area contributed by atoms with E-state index >= 15 is 0 Å². The number of fused-ring (bicyclic) bond motifs is 2. The van der Waals surface area contributed by atoms with Crippen LogP contribution in [0.25, 0.3) is 0 Å². The number of carbonyl (C=O) groups excluding carboxylic acids is 4. The van der Waals surface area contributed by atoms with Gasteiger partial charge in [-0.1, -0.05) is 49.1 Å². The maximum Gasteiger partial charge on any atom is 0.384 e. The number of halogens is 1. The van der Waals surface area contributed by atoms with E-state index in [1.54, 1.807) is 13.8 Å². The molecule has 1 saturated carbocycles. The summed E-state index contributed by atoms with van der Waals surface area (Å²) in [4.78, 5) is 58.0. The molecule has 3 fully saturated rings. The highest BCUT2D eigenvalue weighted by molar-refractivity contribution is 6.34. The Morgan fingerprint density at radius 2 is 1.39 bits per heavy atom. The van der Waals surface area contributed by atoms with E-state index in [2.05, 4.69) is 107 Å². The first-order chi connectivity index (χ1) is 40.0. The molecule has 1 aliphatic carbocycles. The number of ether oxygens (including phenoxy) is 2. The number of anilines is 3. The fourth-order valence-electron chi connectivity index (χ4n) is 11.3. The molecule has 20 nitrogen and oxygen atoms in total. The number of aromatic nitrogens is 4. The number of hydrogen-bond donors (Lipinski definition) is 0. The van der Waals surface area contributed by atoms with Gasteiger partial charge in [0.2, 0.25) is 11.8 Å². The number of urea groups is 1. The van der Waals surface area contributed by atoms with Gasteiger partial charge in [-0.25, -0.2) is 14.5 Å². The summed E-state index contributed by atoms with van der Waals surface area (Å²) < 4.78 is 19.5. The van der Waals surface area contributed by atoms with Crippen LogP contribution in [-0.4, -0.2) is 147 Å². The Hall–Kier alpha value is -7.32. The van der Waals surface area contributed by atoms with E-state index in [1.165, 1.54) is 61.6 Å². The quantitative estimate of drug-likeness (QED) is 0.0178. The summed E-state index contributed by atoms with van der Waals surface area (Å²) in [6.07, 6.45) is 15.3. The molecule has 446 valence electrons. The predicted octanol–water partition coefficient (Wildman–Crippen LogP) is 10.7. The Kier molecular flexibility index (Phi) is 21.8. The van der Waals surface area contributed by atoms with Gasteiger partial charge in [0.15, 0.2) is 11.6 Å². The number of hydrazone groups is 1. The number of benzene rings is 3. The van der Waals surface area contributed by atoms with Crippen LogP contribution in [0.15, 0.2) is 76.2 Å². The number of aryl methyl sites for hydroxylation is 4. The van der Waals surface area contributed by atoms with Crippen LogP contribution in [-0.2, 0) is 33.6 Å². The van der Waals surface area contributed by atoms with Gasteiger partial charge in [0.1, 0.15) is 24.8 Å². The van der Waals surface area contributed by atoms with E-state index in [0.29, 0.717) is 36.8 Å². The van der Waals surface area contributed by atoms with Crippen LogP contribution >= 0.6 is 11.6 Å². The molecule has 0 radical (unpaired) electrons. The number of carbonyl (C=O) groups is 4. The Morgan fingerprint density at radius 3 is 2.05 bits per heavy atom. The molecule has 83 heavy (non-hydrogen) atoms. The molecular formula is C62H83ClN12O8. The van der Waals surface area contributed by atoms with Gasteiger partial charge in [-0.05, 0) is 170 Å². The van der Waals surface area contributed by atoms with E-state index in [1.807, 2.05) is 34.1 Å². The summed E-state index contributed by atoms with van der Waals surface area (Å²) >= 11 is 6.51. The molecule has 3 aromatic carbocycles. The monoisotopic (exact) mass is 1160 g/mol. The smallest absolute Gasteiger partial charge is 0.384 e. The molecule has 6 heterocycles. The van der Waals surface area contributed by atoms with Gasteiger partial charge in [-0.15, -0.1) is 9.84 Å². The van der Waals surface area contributed by atoms with Gasteiger partial charge >= 0.3 is 11.9 Å². The number of hydrogen-bond acceptors (Lipinski definition) is 14. The van der Waals surface area contributed by atoms with Gasteiger partial charge in [0, 0.05) is 75.3 Å². The van der Waals surface area contributed by atoms with Crippen LogP contribution in [0.1, 0.15) is 146 Å². The molecule has 5 aliphatic rings. The molecular weight excluding hydrogens is 1080 g/mol. The number of piperazine rings is 1. The summed E-state index contributed by atoms with van der Waals surface area (Å²) in [6.45, 7) is 23.5. The van der Waals surface area contributed by atoms with E-state index in [-0.39, 0.29) is 54.0 Å². The number of unbranched alkanes of at least 4 members (excludes halogenated alkanes) is 2. The molecule has 0 bridgehead atoms. The Balaban J connectivity index is 0.000000168. The second-order valence-corrected chi connectivity index (χ2v) is 23.1. The minimum Gasteiger partial charge on any atom is -0.616 e. The van der Waals surface area contributed by atoms with Crippen molar-refractivity contribution in [2.45, 2.75) is 163 Å². The highest BCUT2D eigenvalue weighted by atomic mass is 35.5. The van der Waals surface area contributed by atoms with Gasteiger partial charge in [0.05, 0.1) is 47.9 Å². The van der Waals surface area contributed by atoms with Crippen molar-refractivity contribution in [2.24, 2.45) is 5.10 Å². The number of furan rings is 1. The lowest BCUT2D eigenvalue weighted by Crippen LogP contribution is -2.46. The fourth-order valence-corrected chi connectivity index (χ4v) is 11.6. The molecule has 2 aromatic heterocycles. The minimum atomic E-state index is -0.476. The maximum atomic E-state index is 12.4. The summed E-state index contributed by atoms with van der Waals surface area (Å²) in [6, 6.07) is 21.7. The van der Waals surface area contributed by atoms with Crippen LogP contribution < -0.4 is 24.2 Å². The number of rotatable bonds is 20. The summed E-state index contributed by atoms with van der Waals surface area (Å²) in [5.74, 6) is 3.18. The van der Waals surface area contributed by atoms with Crippen LogP contribution in [0.2, 0.25) is 5.02 Å². The third kappa shape index (κ3) is 16.1. The molecule has 4 aliphatic heterocycles. The highest BCUT2D eigenvalue weighted by Gasteiger charge is 2.38. The molecule has 2 saturated heterocycles. The lowest BCUT2D eigenvalue weighted by atomic mass is 9.95. The van der Waals surface area contributed by atoms with Crippen molar-refractivity contribution in [3.8, 4) is 11.5 Å². The molecule has 0 N–H and O–H groups in total. The lowest BCUT2D eigenvalue weighted by molar-refractivity contribution is -0.368. The first-order valence-corrected chi connectivity index (χ1v) is 30.0. The zero-order valence-corrected chi connectivity index (χ0v) is 50.3. The fraction of sp³-hybridized carbons (Fsp3) is 0.532. The van der Waals surface area contributed by atoms with Crippen molar-refractivity contribution in [2.75, 3.05) is 67.2 Å². The Labute approximate surface area is 493 Å². The van der Waals surface area contributed by atoms with Crippen LogP contribution in [0, 0.1) is 12.1 Å². The second kappa shape index (κ2) is 29.3. The standard InChI is InChI=1S/C27H36ClN3O2.C23H33N5O2.C12H14N4O4/c1-20(2)31-25-19-23(11-9-22(25)10-12-26(31)32)33-18-5-4-13-29-14-16-30(17-15-29)24-8-6-7-21(3)27(24)28;1-17(2)27-21-13-12-20(16-18(21)11-14-23(27)29)30-15-7-6-10-22-24-25-26-28(22)19-8-4-3-5-9-19;1-8(2)16-10(17)7-15(12(16)18)13-6-9-4-5-11(20-9)14(3)19/h6-9,11,19-20H,4-5,10,12-18H2,1-3H3;12-13,16-17,19H,3-11,14-15H2,1-2H3;4-6,8H,3,7H2,1-2H3/b;;13-6+. The third-order valence-corrected chi connectivity index (χ3v) is 16.2. The van der Waals surface area contributed by atoms with Crippen molar-refractivity contribution < 1.29 is 37.8 Å². The van der Waals surface area contributed by atoms with Crippen molar-refractivity contribution >= 4 is 71.2 Å². The summed E-state index contributed by atoms with van der Waals surface area (Å²) in [7, 11) is 0. The number of amides is 5. The van der Waals surface area contributed by atoms with Crippen molar-refractivity contribution in [1.29, 1.82) is 0 Å². The first-order valence-electron chi connectivity index (χ1n) is 29.7. The van der Waals surface area contributed by atoms with Gasteiger partial charge in [0.25, 0.3) is 5.91 Å². The van der Waals surface area contributed by atoms with Crippen LogP contribution in [0.3, 0.4) is 0 Å². The first kappa shape index (κ1) is 61.7. The second-order valence-electron chi connectivity index (χ2n) is 22.7. The van der Waals surface area contributed by atoms with E-state index in [9.17, 15) is 24.4 Å². The van der Waals surface area contributed by atoms with Crippen LogP contribution in [0.4, 0.5) is 27.7 Å². The van der Waals surface area contributed by atoms with Gasteiger partial charge < -0.3 is 33.8 Å². The molecule has 0 atom stereocenters. The zero-order chi connectivity index (χ0) is 59.2. The average molecular weight is 1160 g/mol. The average Bonchev–Trinajstić information content (AvgIpc) is 4.45. The maximum absolute atomic E-state index is 12.4. The van der Waals surface area contributed by atoms with Crippen molar-refractivity contribution in [3.05, 3.63) is 105 Å². The molecule has 0 unspecified atom stereocenters. The normalized spacial score (nSPS) is 16.9. The SMILES string of the molecule is C=[N+]([O-])c1ccc(/C=N/N2CC(=O)N(C(C)C)C2=O)o1.CC(C)N1C(=O)CCc2cc(OCCCCc3nnnn3C3CCCCC3)ccc21.Cc1cccc(N2CCN(CCCCOc3ccc4c(c3)N(C(C)C)C(=O)CC4)CC2)c1Cl.